The summed E-state index contributed by atoms with van der Waals surface area (Å²) in [6, 6.07) is 63.3. The molecule has 0 saturated carbocycles. The second-order valence-electron chi connectivity index (χ2n) is 24.0. The highest BCUT2D eigenvalue weighted by molar-refractivity contribution is 6.09. The molecule has 9 aromatic carbocycles. The van der Waals surface area contributed by atoms with Gasteiger partial charge in [-0.1, -0.05) is 181 Å². The number of pyridine rings is 1. The summed E-state index contributed by atoms with van der Waals surface area (Å²) in [5, 5.41) is 2.08. The van der Waals surface area contributed by atoms with Crippen molar-refractivity contribution < 1.29 is 11.6 Å². The number of hydrogen-bond acceptors (Lipinski definition) is 4. The molecule has 0 spiro atoms. The van der Waals surface area contributed by atoms with E-state index in [9.17, 15) is 0 Å². The fourth-order valence-electron chi connectivity index (χ4n) is 13.8. The fraction of sp³-hybridized carbons (Fsp3) is 0.192. The average molecular weight is 1020 g/mol. The van der Waals surface area contributed by atoms with Crippen molar-refractivity contribution in [3.05, 3.63) is 274 Å². The highest BCUT2D eigenvalue weighted by Crippen LogP contribution is 2.66. The van der Waals surface area contributed by atoms with Gasteiger partial charge in [-0.05, 0) is 139 Å². The van der Waals surface area contributed by atoms with Crippen LogP contribution in [-0.4, -0.2) is 16.2 Å². The van der Waals surface area contributed by atoms with E-state index in [0.29, 0.717) is 29.5 Å². The summed E-state index contributed by atoms with van der Waals surface area (Å²) in [6.45, 7) is 16.6. The first-order valence-corrected chi connectivity index (χ1v) is 27.4. The number of anilines is 4. The Hall–Kier alpha value is -8.67. The van der Waals surface area contributed by atoms with E-state index in [-0.39, 0.29) is 64.2 Å². The van der Waals surface area contributed by atoms with Gasteiger partial charge in [-0.2, -0.15) is 0 Å². The molecule has 380 valence electrons. The van der Waals surface area contributed by atoms with Gasteiger partial charge in [-0.3, -0.25) is 4.57 Å². The van der Waals surface area contributed by atoms with Crippen molar-refractivity contribution in [1.82, 2.24) is 9.55 Å². The van der Waals surface area contributed by atoms with Gasteiger partial charge in [-0.25, -0.2) is 4.98 Å². The molecule has 0 amide bonds. The fourth-order valence-corrected chi connectivity index (χ4v) is 13.8. The molecule has 2 atom stereocenters. The van der Waals surface area contributed by atoms with Crippen molar-refractivity contribution >= 4 is 44.6 Å². The Morgan fingerprint density at radius 2 is 1.09 bits per heavy atom. The Kier molecular flexibility index (Phi) is 9.13. The smallest absolute Gasteiger partial charge is 0.137 e. The van der Waals surface area contributed by atoms with E-state index in [1.807, 2.05) is 37.3 Å². The monoisotopic (exact) mass is 1020 g/mol. The van der Waals surface area contributed by atoms with Gasteiger partial charge < -0.3 is 14.5 Å². The number of aryl methyl sites for hydroxylation is 1. The molecular formula is C73H62N4O. The van der Waals surface area contributed by atoms with Gasteiger partial charge in [-0.15, -0.1) is 0 Å². The molecule has 3 heterocycles. The molecule has 7 aliphatic rings. The van der Waals surface area contributed by atoms with Crippen molar-refractivity contribution in [1.29, 1.82) is 0 Å². The maximum Gasteiger partial charge on any atom is 0.137 e. The maximum absolute atomic E-state index is 8.68. The van der Waals surface area contributed by atoms with Crippen LogP contribution in [0.1, 0.15) is 133 Å². The number of hydrogen-bond donors (Lipinski definition) is 0. The summed E-state index contributed by atoms with van der Waals surface area (Å²) in [6.07, 6.45) is 1.62. The molecule has 5 nitrogen and oxygen atoms in total. The maximum atomic E-state index is 8.68. The molecule has 0 radical (unpaired) electrons. The predicted molar refractivity (Wildman–Crippen MR) is 321 cm³/mol. The van der Waals surface area contributed by atoms with Gasteiger partial charge in [0, 0.05) is 69.7 Å². The van der Waals surface area contributed by atoms with Crippen LogP contribution in [0.2, 0.25) is 0 Å². The zero-order valence-corrected chi connectivity index (χ0v) is 45.0. The van der Waals surface area contributed by atoms with Gasteiger partial charge >= 0.3 is 0 Å². The Balaban J connectivity index is 0.833. The summed E-state index contributed by atoms with van der Waals surface area (Å²) >= 11 is 0. The standard InChI is InChI=1S/C73H62N4O/c1-44-36-66(74-42-60(44)45-20-9-8-10-21-45)77-61-29-16-15-24-51(61)52-35-33-50(41-64(52)77)78-49-23-19-22-48(40-49)75-43-76(63-31-18-17-30-62(63)75)65-39-47(73(5,6)7)38-59-69-57-34-32-46(72(2,3)4)37-58(57)71(70(59)65)68-55-27-13-11-25-53(55)67(69)54-26-12-14-28-56(54)68/h8-42,67-69,71H,43H2,1-7H3/i8D,9D,10D,20D,21D. The molecular weight excluding hydrogens is 949 g/mol. The zero-order chi connectivity index (χ0) is 57.1. The van der Waals surface area contributed by atoms with Crippen LogP contribution in [0, 0.1) is 6.92 Å². The third-order valence-electron chi connectivity index (χ3n) is 17.5. The number of nitrogens with zero attached hydrogens (tertiary/aromatic N) is 4. The first kappa shape index (κ1) is 41.5. The number of rotatable bonds is 6. The Bertz CT molecular complexity index is 4490. The van der Waals surface area contributed by atoms with Gasteiger partial charge in [0.05, 0.1) is 29.3 Å². The van der Waals surface area contributed by atoms with Crippen molar-refractivity contribution in [3.63, 3.8) is 0 Å². The first-order chi connectivity index (χ1) is 39.9. The normalized spacial score (nSPS) is 18.7. The highest BCUT2D eigenvalue weighted by atomic mass is 16.5. The van der Waals surface area contributed by atoms with Gasteiger partial charge in [0.25, 0.3) is 0 Å². The van der Waals surface area contributed by atoms with E-state index in [4.69, 9.17) is 16.6 Å². The quantitative estimate of drug-likeness (QED) is 0.166. The zero-order valence-electron chi connectivity index (χ0n) is 50.0. The summed E-state index contributed by atoms with van der Waals surface area (Å²) in [4.78, 5) is 9.96. The summed E-state index contributed by atoms with van der Waals surface area (Å²) in [7, 11) is 0. The second kappa shape index (κ2) is 17.2. The number of ether oxygens (including phenoxy) is 1. The Labute approximate surface area is 465 Å². The van der Waals surface area contributed by atoms with E-state index in [1.54, 1.807) is 6.20 Å². The summed E-state index contributed by atoms with van der Waals surface area (Å²) < 4.78 is 51.2. The van der Waals surface area contributed by atoms with Crippen molar-refractivity contribution in [2.24, 2.45) is 0 Å². The van der Waals surface area contributed by atoms with E-state index >= 15 is 0 Å². The second-order valence-corrected chi connectivity index (χ2v) is 24.0. The molecule has 1 aliphatic heterocycles. The molecule has 4 bridgehead atoms. The molecule has 5 heteroatoms. The molecule has 2 aromatic heterocycles. The number of benzene rings is 9. The van der Waals surface area contributed by atoms with Crippen LogP contribution in [0.15, 0.2) is 212 Å². The lowest BCUT2D eigenvalue weighted by Gasteiger charge is -2.51. The number of para-hydroxylation sites is 3. The lowest BCUT2D eigenvalue weighted by atomic mass is 9.52. The van der Waals surface area contributed by atoms with Gasteiger partial charge in [0.1, 0.15) is 24.0 Å². The highest BCUT2D eigenvalue weighted by Gasteiger charge is 2.52. The summed E-state index contributed by atoms with van der Waals surface area (Å²) in [5.74, 6) is 2.41. The third kappa shape index (κ3) is 7.10. The minimum atomic E-state index is -0.422. The van der Waals surface area contributed by atoms with E-state index in [0.717, 1.165) is 38.7 Å². The lowest BCUT2D eigenvalue weighted by Crippen LogP contribution is -2.37. The molecule has 18 rings (SSSR count). The topological polar surface area (TPSA) is 33.5 Å². The number of fused-ring (bicyclic) bond motifs is 4. The van der Waals surface area contributed by atoms with Gasteiger partial charge in [0.15, 0.2) is 0 Å². The van der Waals surface area contributed by atoms with Crippen LogP contribution in [0.3, 0.4) is 0 Å². The molecule has 0 saturated heterocycles. The Morgan fingerprint density at radius 3 is 1.79 bits per heavy atom. The predicted octanol–water partition coefficient (Wildman–Crippen LogP) is 18.7. The Morgan fingerprint density at radius 1 is 0.487 bits per heavy atom. The minimum absolute atomic E-state index is 0.0263. The van der Waals surface area contributed by atoms with E-state index in [1.165, 1.54) is 67.0 Å². The van der Waals surface area contributed by atoms with Gasteiger partial charge in [0.2, 0.25) is 0 Å². The van der Waals surface area contributed by atoms with Crippen LogP contribution >= 0.6 is 0 Å². The molecule has 78 heavy (non-hydrogen) atoms. The molecule has 0 N–H and O–H groups in total. The van der Waals surface area contributed by atoms with Crippen LogP contribution in [-0.2, 0) is 10.8 Å². The van der Waals surface area contributed by atoms with Crippen molar-refractivity contribution in [2.75, 3.05) is 16.5 Å². The van der Waals surface area contributed by atoms with E-state index < -0.39 is 6.04 Å². The van der Waals surface area contributed by atoms with Crippen LogP contribution in [0.5, 0.6) is 11.5 Å². The van der Waals surface area contributed by atoms with Crippen molar-refractivity contribution in [2.45, 2.75) is 83.0 Å². The van der Waals surface area contributed by atoms with Crippen LogP contribution < -0.4 is 14.5 Å². The average Bonchev–Trinajstić information content (AvgIpc) is 1.38. The molecule has 11 aromatic rings. The number of aromatic nitrogens is 2. The minimum Gasteiger partial charge on any atom is -0.457 e. The molecule has 2 unspecified atom stereocenters. The molecule has 0 fully saturated rings. The first-order valence-electron chi connectivity index (χ1n) is 29.9. The largest absolute Gasteiger partial charge is 0.457 e. The lowest BCUT2D eigenvalue weighted by molar-refractivity contribution is 0.483. The van der Waals surface area contributed by atoms with Crippen molar-refractivity contribution in [3.8, 4) is 28.4 Å². The van der Waals surface area contributed by atoms with Crippen LogP contribution in [0.4, 0.5) is 22.7 Å². The van der Waals surface area contributed by atoms with Crippen LogP contribution in [0.25, 0.3) is 38.8 Å². The third-order valence-corrected chi connectivity index (χ3v) is 17.5. The molecule has 6 aliphatic carbocycles. The SMILES string of the molecule is [2H]c1c([2H])c([2H])c(-c2cnc(-n3c4ccccc4c4ccc(Oc5cccc(N6CN(c7cc(C(C)(C)C)cc8c7C7c9cc(C(C)(C)C)ccc9C8C8c9ccccc9C7c7ccccc78)c7ccccc76)c5)cc43)cc2C)c([2H])c1[2H]. The van der Waals surface area contributed by atoms with E-state index in [2.05, 4.69) is 202 Å². The summed E-state index contributed by atoms with van der Waals surface area (Å²) in [5.41, 5.74) is 22.0.